The smallest absolute Gasteiger partial charge is 0.450 e. The van der Waals surface area contributed by atoms with Crippen molar-refractivity contribution in [1.29, 1.82) is 0 Å². The van der Waals surface area contributed by atoms with Crippen LogP contribution in [0.2, 0.25) is 0 Å². The minimum Gasteiger partial charge on any atom is -0.450 e. The largest absolute Gasteiger partial charge is 0.505 e. The van der Waals surface area contributed by atoms with Gasteiger partial charge in [-0.2, -0.15) is 8.42 Å². The zero-order chi connectivity index (χ0) is 12.2. The van der Waals surface area contributed by atoms with E-state index in [0.717, 1.165) is 0 Å². The van der Waals surface area contributed by atoms with Gasteiger partial charge in [0.15, 0.2) is 0 Å². The van der Waals surface area contributed by atoms with Crippen molar-refractivity contribution < 1.29 is 27.6 Å². The molecule has 1 unspecified atom stereocenters. The maximum atomic E-state index is 11.0. The molecule has 0 aromatic heterocycles. The average molecular weight is 269 g/mol. The second-order valence-corrected chi connectivity index (χ2v) is 4.59. The summed E-state index contributed by atoms with van der Waals surface area (Å²) < 4.78 is 35.2. The number of rotatable bonds is 4. The molecule has 6 nitrogen and oxygen atoms in total. The van der Waals surface area contributed by atoms with Crippen molar-refractivity contribution in [1.82, 2.24) is 0 Å². The van der Waals surface area contributed by atoms with Crippen LogP contribution in [-0.4, -0.2) is 60.4 Å². The third-order valence-electron chi connectivity index (χ3n) is 1.89. The maximum Gasteiger partial charge on any atom is 0.505 e. The van der Waals surface area contributed by atoms with Gasteiger partial charge in [0.1, 0.15) is 11.9 Å². The van der Waals surface area contributed by atoms with Gasteiger partial charge < -0.3 is 9.84 Å². The van der Waals surface area contributed by atoms with Crippen molar-refractivity contribution in [2.75, 3.05) is 6.61 Å². The molecule has 0 bridgehead atoms. The number of benzene rings is 1. The fourth-order valence-corrected chi connectivity index (χ4v) is 1.91. The normalized spacial score (nSPS) is 12.3. The Balaban J connectivity index is 0.00000256. The van der Waals surface area contributed by atoms with Crippen LogP contribution >= 0.6 is 0 Å². The van der Waals surface area contributed by atoms with E-state index in [4.69, 9.17) is 9.66 Å². The number of ether oxygens (including phenoxy) is 1. The first-order valence-electron chi connectivity index (χ1n) is 4.28. The van der Waals surface area contributed by atoms with E-state index in [1.54, 1.807) is 18.2 Å². The molecule has 8 heteroatoms. The molecule has 1 aromatic carbocycles. The zero-order valence-electron chi connectivity index (χ0n) is 9.11. The van der Waals surface area contributed by atoms with E-state index in [0.29, 0.717) is 0 Å². The molecule has 0 heterocycles. The predicted molar refractivity (Wildman–Crippen MR) is 60.5 cm³/mol. The van der Waals surface area contributed by atoms with Gasteiger partial charge in [0.05, 0.1) is 0 Å². The van der Waals surface area contributed by atoms with Gasteiger partial charge in [-0.3, -0.25) is 4.55 Å². The summed E-state index contributed by atoms with van der Waals surface area (Å²) in [5.74, 6) is 0. The minimum atomic E-state index is -4.40. The summed E-state index contributed by atoms with van der Waals surface area (Å²) in [6.07, 6.45) is -1.59. The Labute approximate surface area is 121 Å². The first-order valence-corrected chi connectivity index (χ1v) is 5.78. The molecular weight excluding hydrogens is 259 g/mol. The van der Waals surface area contributed by atoms with Gasteiger partial charge in [0.25, 0.3) is 10.1 Å². The van der Waals surface area contributed by atoms with E-state index < -0.39 is 28.1 Å². The maximum absolute atomic E-state index is 11.0. The summed E-state index contributed by atoms with van der Waals surface area (Å²) in [4.78, 5) is 10.2. The topological polar surface area (TPSA) is 101 Å². The van der Waals surface area contributed by atoms with Crippen molar-refractivity contribution in [3.05, 3.63) is 35.9 Å². The van der Waals surface area contributed by atoms with Crippen molar-refractivity contribution in [2.24, 2.45) is 0 Å². The molecule has 1 radical (unpaired) electrons. The summed E-state index contributed by atoms with van der Waals surface area (Å²) in [5, 5.41) is 6.88. The van der Waals surface area contributed by atoms with Gasteiger partial charge in [0, 0.05) is 29.6 Å². The molecule has 89 valence electrons. The molecule has 0 saturated carbocycles. The summed E-state index contributed by atoms with van der Waals surface area (Å²) in [6, 6.07) is 7.75. The fourth-order valence-electron chi connectivity index (χ4n) is 1.17. The molecule has 2 N–H and O–H groups in total. The molecule has 1 rings (SSSR count). The molecule has 0 aliphatic rings. The SMILES string of the molecule is O=C(O)OCC(c1ccccc1)S(=O)(=O)O.[Na]. The van der Waals surface area contributed by atoms with E-state index in [1.807, 2.05) is 0 Å². The van der Waals surface area contributed by atoms with E-state index in [2.05, 4.69) is 4.74 Å². The second kappa shape index (κ2) is 6.97. The summed E-state index contributed by atoms with van der Waals surface area (Å²) in [6.45, 7) is -0.641. The van der Waals surface area contributed by atoms with Crippen LogP contribution in [0.25, 0.3) is 0 Å². The van der Waals surface area contributed by atoms with Crippen LogP contribution in [0.4, 0.5) is 4.79 Å². The standard InChI is InChI=1S/C9H10O6S.Na/c10-9(11)15-6-8(16(12,13)14)7-4-2-1-3-5-7;/h1-5,8H,6H2,(H,10,11)(H,12,13,14);. The average Bonchev–Trinajstić information content (AvgIpc) is 2.17. The Morgan fingerprint density at radius 3 is 2.24 bits per heavy atom. The monoisotopic (exact) mass is 269 g/mol. The van der Waals surface area contributed by atoms with E-state index in [1.165, 1.54) is 12.1 Å². The van der Waals surface area contributed by atoms with Crippen LogP contribution in [-0.2, 0) is 14.9 Å². The fraction of sp³-hybridized carbons (Fsp3) is 0.222. The quantitative estimate of drug-likeness (QED) is 0.479. The Kier molecular flexibility index (Phi) is 6.73. The Morgan fingerprint density at radius 2 is 1.82 bits per heavy atom. The number of carboxylic acid groups (broad SMARTS) is 1. The molecule has 0 saturated heterocycles. The molecule has 1 atom stereocenters. The van der Waals surface area contributed by atoms with E-state index >= 15 is 0 Å². The number of hydrogen-bond donors (Lipinski definition) is 2. The van der Waals surface area contributed by atoms with Gasteiger partial charge in [-0.25, -0.2) is 4.79 Å². The Hall–Kier alpha value is -0.600. The third-order valence-corrected chi connectivity index (χ3v) is 3.02. The van der Waals surface area contributed by atoms with Crippen LogP contribution < -0.4 is 0 Å². The minimum absolute atomic E-state index is 0. The van der Waals surface area contributed by atoms with Crippen LogP contribution in [0.1, 0.15) is 10.8 Å². The molecule has 0 fully saturated rings. The molecule has 0 spiro atoms. The molecule has 0 aliphatic carbocycles. The van der Waals surface area contributed by atoms with Crippen LogP contribution in [0.15, 0.2) is 30.3 Å². The molecule has 1 aromatic rings. The van der Waals surface area contributed by atoms with Gasteiger partial charge in [-0.1, -0.05) is 30.3 Å². The first-order chi connectivity index (χ1) is 7.41. The van der Waals surface area contributed by atoms with Crippen molar-refractivity contribution in [3.8, 4) is 0 Å². The van der Waals surface area contributed by atoms with Gasteiger partial charge in [-0.15, -0.1) is 0 Å². The first kappa shape index (κ1) is 16.4. The van der Waals surface area contributed by atoms with Crippen LogP contribution in [0.5, 0.6) is 0 Å². The van der Waals surface area contributed by atoms with E-state index in [-0.39, 0.29) is 35.1 Å². The van der Waals surface area contributed by atoms with Gasteiger partial charge in [-0.05, 0) is 5.56 Å². The Morgan fingerprint density at radius 1 is 1.29 bits per heavy atom. The second-order valence-electron chi connectivity index (χ2n) is 2.99. The molecule has 0 amide bonds. The number of carbonyl (C=O) groups is 1. The van der Waals surface area contributed by atoms with Crippen molar-refractivity contribution >= 4 is 45.8 Å². The van der Waals surface area contributed by atoms with Crippen LogP contribution in [0, 0.1) is 0 Å². The molecule has 17 heavy (non-hydrogen) atoms. The third kappa shape index (κ3) is 5.51. The summed E-state index contributed by atoms with van der Waals surface area (Å²) in [7, 11) is -4.40. The van der Waals surface area contributed by atoms with Gasteiger partial charge in [0.2, 0.25) is 0 Å². The molecular formula is C9H10NaO6S. The van der Waals surface area contributed by atoms with Gasteiger partial charge >= 0.3 is 6.16 Å². The Bertz CT molecular complexity index is 458. The predicted octanol–water partition coefficient (Wildman–Crippen LogP) is 0.929. The zero-order valence-corrected chi connectivity index (χ0v) is 11.9. The number of hydrogen-bond acceptors (Lipinski definition) is 4. The van der Waals surface area contributed by atoms with Crippen LogP contribution in [0.3, 0.4) is 0 Å². The summed E-state index contributed by atoms with van der Waals surface area (Å²) >= 11 is 0. The van der Waals surface area contributed by atoms with E-state index in [9.17, 15) is 13.2 Å². The van der Waals surface area contributed by atoms with Crippen molar-refractivity contribution in [2.45, 2.75) is 5.25 Å². The summed E-state index contributed by atoms with van der Waals surface area (Å²) in [5.41, 5.74) is 0.270. The van der Waals surface area contributed by atoms with Crippen molar-refractivity contribution in [3.63, 3.8) is 0 Å². The molecule has 0 aliphatic heterocycles.